The van der Waals surface area contributed by atoms with Crippen LogP contribution in [-0.4, -0.2) is 49.7 Å². The Balaban J connectivity index is 2.15. The van der Waals surface area contributed by atoms with E-state index in [0.29, 0.717) is 6.04 Å². The molecule has 0 aliphatic carbocycles. The van der Waals surface area contributed by atoms with E-state index < -0.39 is 0 Å². The van der Waals surface area contributed by atoms with E-state index in [0.717, 1.165) is 31.1 Å². The summed E-state index contributed by atoms with van der Waals surface area (Å²) in [7, 11) is 4.16. The van der Waals surface area contributed by atoms with Crippen LogP contribution in [0.2, 0.25) is 0 Å². The molecule has 4 nitrogen and oxygen atoms in total. The number of likely N-dealkylation sites (N-methyl/N-ethyl adjacent to an activating group) is 1. The molecule has 1 N–H and O–H groups in total. The van der Waals surface area contributed by atoms with Crippen molar-refractivity contribution in [3.63, 3.8) is 0 Å². The molecule has 0 amide bonds. The molecule has 1 saturated heterocycles. The highest BCUT2D eigenvalue weighted by Gasteiger charge is 2.20. The Labute approximate surface area is 110 Å². The predicted molar refractivity (Wildman–Crippen MR) is 75.9 cm³/mol. The van der Waals surface area contributed by atoms with Gasteiger partial charge in [0, 0.05) is 25.7 Å². The van der Waals surface area contributed by atoms with E-state index in [4.69, 9.17) is 4.98 Å². The van der Waals surface area contributed by atoms with E-state index in [9.17, 15) is 0 Å². The van der Waals surface area contributed by atoms with Crippen molar-refractivity contribution in [3.8, 4) is 0 Å². The summed E-state index contributed by atoms with van der Waals surface area (Å²) in [6.07, 6.45) is 1.21. The van der Waals surface area contributed by atoms with E-state index in [1.165, 1.54) is 13.0 Å². The molecule has 0 spiro atoms. The van der Waals surface area contributed by atoms with E-state index in [1.807, 2.05) is 7.05 Å². The van der Waals surface area contributed by atoms with E-state index in [2.05, 4.69) is 47.3 Å². The number of aromatic nitrogens is 1. The SMILES string of the molecule is CNCc1cccc(N2CCCN(C)CC2C)n1. The van der Waals surface area contributed by atoms with Gasteiger partial charge in [-0.15, -0.1) is 0 Å². The van der Waals surface area contributed by atoms with Gasteiger partial charge < -0.3 is 15.1 Å². The van der Waals surface area contributed by atoms with Crippen LogP contribution in [0.3, 0.4) is 0 Å². The second-order valence-corrected chi connectivity index (χ2v) is 5.18. The first kappa shape index (κ1) is 13.3. The van der Waals surface area contributed by atoms with Crippen molar-refractivity contribution >= 4 is 5.82 Å². The minimum absolute atomic E-state index is 0.523. The molecule has 0 bridgehead atoms. The van der Waals surface area contributed by atoms with E-state index >= 15 is 0 Å². The lowest BCUT2D eigenvalue weighted by atomic mass is 10.2. The lowest BCUT2D eigenvalue weighted by molar-refractivity contribution is 0.337. The van der Waals surface area contributed by atoms with E-state index in [1.54, 1.807) is 0 Å². The highest BCUT2D eigenvalue weighted by molar-refractivity contribution is 5.40. The highest BCUT2D eigenvalue weighted by Crippen LogP contribution is 2.18. The van der Waals surface area contributed by atoms with Gasteiger partial charge in [0.1, 0.15) is 5.82 Å². The van der Waals surface area contributed by atoms with Crippen LogP contribution < -0.4 is 10.2 Å². The van der Waals surface area contributed by atoms with Crippen molar-refractivity contribution in [2.24, 2.45) is 0 Å². The number of rotatable bonds is 3. The molecule has 0 saturated carbocycles. The normalized spacial score (nSPS) is 21.9. The summed E-state index contributed by atoms with van der Waals surface area (Å²) >= 11 is 0. The van der Waals surface area contributed by atoms with Gasteiger partial charge in [-0.3, -0.25) is 0 Å². The first-order chi connectivity index (χ1) is 8.70. The molecule has 1 unspecified atom stereocenters. The van der Waals surface area contributed by atoms with Gasteiger partial charge in [-0.1, -0.05) is 6.07 Å². The Morgan fingerprint density at radius 2 is 2.22 bits per heavy atom. The fourth-order valence-corrected chi connectivity index (χ4v) is 2.62. The highest BCUT2D eigenvalue weighted by atomic mass is 15.3. The number of hydrogen-bond acceptors (Lipinski definition) is 4. The molecule has 100 valence electrons. The fourth-order valence-electron chi connectivity index (χ4n) is 2.62. The third-order valence-corrected chi connectivity index (χ3v) is 3.49. The largest absolute Gasteiger partial charge is 0.353 e. The van der Waals surface area contributed by atoms with Crippen LogP contribution in [0.25, 0.3) is 0 Å². The Kier molecular flexibility index (Phi) is 4.55. The zero-order chi connectivity index (χ0) is 13.0. The summed E-state index contributed by atoms with van der Waals surface area (Å²) in [5.41, 5.74) is 1.11. The smallest absolute Gasteiger partial charge is 0.129 e. The average molecular weight is 248 g/mol. The molecule has 2 rings (SSSR count). The molecule has 1 fully saturated rings. The first-order valence-electron chi connectivity index (χ1n) is 6.76. The molecule has 2 heterocycles. The average Bonchev–Trinajstić information content (AvgIpc) is 2.51. The molecule has 1 aliphatic heterocycles. The summed E-state index contributed by atoms with van der Waals surface area (Å²) in [6, 6.07) is 6.83. The number of anilines is 1. The van der Waals surface area contributed by atoms with E-state index in [-0.39, 0.29) is 0 Å². The third kappa shape index (κ3) is 3.21. The van der Waals surface area contributed by atoms with Crippen LogP contribution in [0.15, 0.2) is 18.2 Å². The lowest BCUT2D eigenvalue weighted by Crippen LogP contribution is -2.38. The van der Waals surface area contributed by atoms with Crippen LogP contribution in [0.4, 0.5) is 5.82 Å². The van der Waals surface area contributed by atoms with Crippen molar-refractivity contribution in [2.45, 2.75) is 25.9 Å². The molecule has 1 atom stereocenters. The minimum atomic E-state index is 0.523. The van der Waals surface area contributed by atoms with Crippen LogP contribution in [-0.2, 0) is 6.54 Å². The molecule has 1 aromatic rings. The Bertz CT molecular complexity index is 380. The number of hydrogen-bond donors (Lipinski definition) is 1. The molecule has 1 aromatic heterocycles. The number of nitrogens with one attached hydrogen (secondary N) is 1. The topological polar surface area (TPSA) is 31.4 Å². The van der Waals surface area contributed by atoms with Gasteiger partial charge in [0.05, 0.1) is 5.69 Å². The van der Waals surface area contributed by atoms with Crippen LogP contribution in [0.5, 0.6) is 0 Å². The maximum atomic E-state index is 4.75. The van der Waals surface area contributed by atoms with Crippen molar-refractivity contribution < 1.29 is 0 Å². The number of pyridine rings is 1. The number of nitrogens with zero attached hydrogens (tertiary/aromatic N) is 3. The zero-order valence-electron chi connectivity index (χ0n) is 11.7. The van der Waals surface area contributed by atoms with Gasteiger partial charge in [0.25, 0.3) is 0 Å². The van der Waals surface area contributed by atoms with Crippen LogP contribution in [0.1, 0.15) is 19.0 Å². The Morgan fingerprint density at radius 1 is 1.39 bits per heavy atom. The van der Waals surface area contributed by atoms with Gasteiger partial charge in [0.15, 0.2) is 0 Å². The lowest BCUT2D eigenvalue weighted by Gasteiger charge is -2.29. The predicted octanol–water partition coefficient (Wildman–Crippen LogP) is 1.33. The monoisotopic (exact) mass is 248 g/mol. The summed E-state index contributed by atoms with van der Waals surface area (Å²) in [5.74, 6) is 1.12. The molecule has 18 heavy (non-hydrogen) atoms. The second kappa shape index (κ2) is 6.16. The van der Waals surface area contributed by atoms with Crippen LogP contribution in [0, 0.1) is 0 Å². The van der Waals surface area contributed by atoms with Crippen molar-refractivity contribution in [1.29, 1.82) is 0 Å². The Hall–Kier alpha value is -1.13. The second-order valence-electron chi connectivity index (χ2n) is 5.18. The van der Waals surface area contributed by atoms with Gasteiger partial charge >= 0.3 is 0 Å². The van der Waals surface area contributed by atoms with Gasteiger partial charge in [-0.2, -0.15) is 0 Å². The minimum Gasteiger partial charge on any atom is -0.353 e. The molecule has 0 radical (unpaired) electrons. The van der Waals surface area contributed by atoms with Crippen molar-refractivity contribution in [3.05, 3.63) is 23.9 Å². The van der Waals surface area contributed by atoms with Crippen LogP contribution >= 0.6 is 0 Å². The quantitative estimate of drug-likeness (QED) is 0.874. The molecule has 1 aliphatic rings. The van der Waals surface area contributed by atoms with Crippen molar-refractivity contribution in [2.75, 3.05) is 38.6 Å². The first-order valence-corrected chi connectivity index (χ1v) is 6.76. The van der Waals surface area contributed by atoms with Crippen molar-refractivity contribution in [1.82, 2.24) is 15.2 Å². The maximum absolute atomic E-state index is 4.75. The molecular formula is C14H24N4. The van der Waals surface area contributed by atoms with Gasteiger partial charge in [-0.05, 0) is 46.1 Å². The molecule has 0 aromatic carbocycles. The zero-order valence-corrected chi connectivity index (χ0v) is 11.7. The van der Waals surface area contributed by atoms with Gasteiger partial charge in [0.2, 0.25) is 0 Å². The maximum Gasteiger partial charge on any atom is 0.129 e. The summed E-state index contributed by atoms with van der Waals surface area (Å²) in [6.45, 7) is 6.50. The standard InChI is InChI=1S/C14H24N4/c1-12-11-17(3)8-5-9-18(12)14-7-4-6-13(16-14)10-15-2/h4,6-7,12,15H,5,8-11H2,1-3H3. The Morgan fingerprint density at radius 3 is 3.00 bits per heavy atom. The van der Waals surface area contributed by atoms with Gasteiger partial charge in [-0.25, -0.2) is 4.98 Å². The fraction of sp³-hybridized carbons (Fsp3) is 0.643. The third-order valence-electron chi connectivity index (χ3n) is 3.49. The molecular weight excluding hydrogens is 224 g/mol. The summed E-state index contributed by atoms with van der Waals surface area (Å²) in [4.78, 5) is 9.59. The molecule has 4 heteroatoms. The summed E-state index contributed by atoms with van der Waals surface area (Å²) in [5, 5.41) is 3.16. The summed E-state index contributed by atoms with van der Waals surface area (Å²) < 4.78 is 0.